The lowest BCUT2D eigenvalue weighted by molar-refractivity contribution is 0.365. The topological polar surface area (TPSA) is 51.0 Å². The minimum absolute atomic E-state index is 0.629. The highest BCUT2D eigenvalue weighted by Crippen LogP contribution is 2.12. The quantitative estimate of drug-likeness (QED) is 0.921. The van der Waals surface area contributed by atoms with Gasteiger partial charge < -0.3 is 9.84 Å². The molecule has 0 unspecified atom stereocenters. The van der Waals surface area contributed by atoms with Crippen molar-refractivity contribution in [2.45, 2.75) is 19.9 Å². The molecular weight excluding hydrogens is 282 g/mol. The molecule has 17 heavy (non-hydrogen) atoms. The number of hydrogen-bond donors (Lipinski definition) is 1. The van der Waals surface area contributed by atoms with Gasteiger partial charge in [0.15, 0.2) is 5.82 Å². The van der Waals surface area contributed by atoms with Crippen molar-refractivity contribution in [3.63, 3.8) is 0 Å². The first-order chi connectivity index (χ1) is 8.28. The summed E-state index contributed by atoms with van der Waals surface area (Å²) in [6, 6.07) is 8.11. The molecule has 0 aliphatic heterocycles. The van der Waals surface area contributed by atoms with Gasteiger partial charge in [-0.3, -0.25) is 0 Å². The van der Waals surface area contributed by atoms with Crippen molar-refractivity contribution in [1.82, 2.24) is 15.5 Å². The molecule has 0 aliphatic carbocycles. The van der Waals surface area contributed by atoms with E-state index in [0.717, 1.165) is 16.8 Å². The smallest absolute Gasteiger partial charge is 0.240 e. The highest BCUT2D eigenvalue weighted by molar-refractivity contribution is 9.10. The summed E-state index contributed by atoms with van der Waals surface area (Å²) in [6.07, 6.45) is 0.697. The monoisotopic (exact) mass is 295 g/mol. The zero-order valence-corrected chi connectivity index (χ0v) is 11.2. The molecule has 0 saturated heterocycles. The Balaban J connectivity index is 1.98. The maximum Gasteiger partial charge on any atom is 0.240 e. The van der Waals surface area contributed by atoms with E-state index in [0.29, 0.717) is 18.9 Å². The Morgan fingerprint density at radius 1 is 1.29 bits per heavy atom. The van der Waals surface area contributed by atoms with Crippen molar-refractivity contribution in [3.05, 3.63) is 46.0 Å². The van der Waals surface area contributed by atoms with Crippen LogP contribution in [0.1, 0.15) is 24.2 Å². The second kappa shape index (κ2) is 5.93. The van der Waals surface area contributed by atoms with E-state index in [1.165, 1.54) is 5.56 Å². The Morgan fingerprint density at radius 3 is 2.76 bits per heavy atom. The highest BCUT2D eigenvalue weighted by Gasteiger charge is 2.06. The lowest BCUT2D eigenvalue weighted by atomic mass is 10.1. The Bertz CT molecular complexity index is 467. The first-order valence-corrected chi connectivity index (χ1v) is 6.34. The summed E-state index contributed by atoms with van der Waals surface area (Å²) in [5, 5.41) is 7.10. The normalized spacial score (nSPS) is 10.7. The van der Waals surface area contributed by atoms with Gasteiger partial charge >= 0.3 is 0 Å². The molecule has 0 spiro atoms. The van der Waals surface area contributed by atoms with Gasteiger partial charge in [0.1, 0.15) is 0 Å². The average molecular weight is 296 g/mol. The molecule has 1 heterocycles. The van der Waals surface area contributed by atoms with Crippen molar-refractivity contribution >= 4 is 15.9 Å². The zero-order valence-electron chi connectivity index (χ0n) is 9.61. The van der Waals surface area contributed by atoms with E-state index >= 15 is 0 Å². The fourth-order valence-corrected chi connectivity index (χ4v) is 1.71. The molecule has 1 N–H and O–H groups in total. The minimum Gasteiger partial charge on any atom is -0.338 e. The maximum atomic E-state index is 5.13. The van der Waals surface area contributed by atoms with Crippen LogP contribution in [-0.4, -0.2) is 16.7 Å². The van der Waals surface area contributed by atoms with E-state index in [4.69, 9.17) is 4.52 Å². The highest BCUT2D eigenvalue weighted by atomic mass is 79.9. The Kier molecular flexibility index (Phi) is 4.28. The van der Waals surface area contributed by atoms with Crippen LogP contribution in [0.5, 0.6) is 0 Å². The first-order valence-electron chi connectivity index (χ1n) is 5.54. The van der Waals surface area contributed by atoms with Crippen LogP contribution in [0.25, 0.3) is 0 Å². The molecule has 0 atom stereocenters. The molecule has 0 bridgehead atoms. The standard InChI is InChI=1S/C12H14BrN3O/c1-2-14-8-12-15-11(16-17-12)7-9-3-5-10(13)6-4-9/h3-6,14H,2,7-8H2,1H3. The van der Waals surface area contributed by atoms with Crippen LogP contribution < -0.4 is 5.32 Å². The number of aromatic nitrogens is 2. The van der Waals surface area contributed by atoms with Crippen LogP contribution in [-0.2, 0) is 13.0 Å². The molecule has 2 rings (SSSR count). The number of hydrogen-bond acceptors (Lipinski definition) is 4. The van der Waals surface area contributed by atoms with Gasteiger partial charge in [0.2, 0.25) is 5.89 Å². The van der Waals surface area contributed by atoms with Crippen molar-refractivity contribution in [2.24, 2.45) is 0 Å². The van der Waals surface area contributed by atoms with E-state index < -0.39 is 0 Å². The molecule has 0 radical (unpaired) electrons. The summed E-state index contributed by atoms with van der Waals surface area (Å²) in [5.74, 6) is 1.36. The molecule has 4 nitrogen and oxygen atoms in total. The van der Waals surface area contributed by atoms with Crippen LogP contribution in [0.15, 0.2) is 33.3 Å². The summed E-state index contributed by atoms with van der Waals surface area (Å²) < 4.78 is 6.20. The fraction of sp³-hybridized carbons (Fsp3) is 0.333. The van der Waals surface area contributed by atoms with Crippen molar-refractivity contribution in [2.75, 3.05) is 6.54 Å². The third-order valence-corrected chi connectivity index (χ3v) is 2.84. The van der Waals surface area contributed by atoms with Gasteiger partial charge in [-0.15, -0.1) is 0 Å². The minimum atomic E-state index is 0.629. The van der Waals surface area contributed by atoms with Gasteiger partial charge in [-0.05, 0) is 24.2 Å². The number of halogens is 1. The van der Waals surface area contributed by atoms with E-state index in [1.807, 2.05) is 31.2 Å². The van der Waals surface area contributed by atoms with Crippen molar-refractivity contribution in [3.8, 4) is 0 Å². The third-order valence-electron chi connectivity index (χ3n) is 2.31. The summed E-state index contributed by atoms with van der Waals surface area (Å²) in [6.45, 7) is 3.56. The van der Waals surface area contributed by atoms with Crippen LogP contribution in [0, 0.1) is 0 Å². The van der Waals surface area contributed by atoms with Gasteiger partial charge in [-0.2, -0.15) is 4.98 Å². The van der Waals surface area contributed by atoms with Gasteiger partial charge in [0, 0.05) is 10.9 Å². The second-order valence-corrected chi connectivity index (χ2v) is 4.60. The third kappa shape index (κ3) is 3.64. The SMILES string of the molecule is CCNCc1nc(Cc2ccc(Br)cc2)no1. The lowest BCUT2D eigenvalue weighted by Gasteiger charge is -1.96. The van der Waals surface area contributed by atoms with Gasteiger partial charge in [0.05, 0.1) is 6.54 Å². The average Bonchev–Trinajstić information content (AvgIpc) is 2.77. The van der Waals surface area contributed by atoms with Gasteiger partial charge in [-0.1, -0.05) is 40.1 Å². The van der Waals surface area contributed by atoms with E-state index in [2.05, 4.69) is 31.4 Å². The molecule has 5 heteroatoms. The summed E-state index contributed by atoms with van der Waals surface area (Å²) >= 11 is 3.41. The Labute approximate surface area is 109 Å². The largest absolute Gasteiger partial charge is 0.338 e. The molecule has 0 saturated carbocycles. The molecule has 1 aromatic carbocycles. The first kappa shape index (κ1) is 12.3. The Hall–Kier alpha value is -1.20. The molecule has 1 aromatic heterocycles. The van der Waals surface area contributed by atoms with E-state index in [1.54, 1.807) is 0 Å². The van der Waals surface area contributed by atoms with Crippen molar-refractivity contribution in [1.29, 1.82) is 0 Å². The number of nitrogens with one attached hydrogen (secondary N) is 1. The number of rotatable bonds is 5. The molecule has 0 fully saturated rings. The van der Waals surface area contributed by atoms with Crippen LogP contribution in [0.2, 0.25) is 0 Å². The summed E-state index contributed by atoms with van der Waals surface area (Å²) in [4.78, 5) is 4.31. The molecule has 2 aromatic rings. The molecular formula is C12H14BrN3O. The van der Waals surface area contributed by atoms with Gasteiger partial charge in [-0.25, -0.2) is 0 Å². The summed E-state index contributed by atoms with van der Waals surface area (Å²) in [7, 11) is 0. The van der Waals surface area contributed by atoms with Crippen LogP contribution in [0.4, 0.5) is 0 Å². The predicted molar refractivity (Wildman–Crippen MR) is 68.6 cm³/mol. The summed E-state index contributed by atoms with van der Waals surface area (Å²) in [5.41, 5.74) is 1.17. The number of benzene rings is 1. The van der Waals surface area contributed by atoms with E-state index in [9.17, 15) is 0 Å². The van der Waals surface area contributed by atoms with Gasteiger partial charge in [0.25, 0.3) is 0 Å². The van der Waals surface area contributed by atoms with Crippen LogP contribution in [0.3, 0.4) is 0 Å². The fourth-order valence-electron chi connectivity index (χ4n) is 1.45. The van der Waals surface area contributed by atoms with Crippen molar-refractivity contribution < 1.29 is 4.52 Å². The molecule has 0 aliphatic rings. The Morgan fingerprint density at radius 2 is 2.06 bits per heavy atom. The van der Waals surface area contributed by atoms with E-state index in [-0.39, 0.29) is 0 Å². The second-order valence-electron chi connectivity index (χ2n) is 3.69. The van der Waals surface area contributed by atoms with Crippen LogP contribution >= 0.6 is 15.9 Å². The maximum absolute atomic E-state index is 5.13. The number of nitrogens with zero attached hydrogens (tertiary/aromatic N) is 2. The molecule has 0 amide bonds. The molecule has 90 valence electrons. The zero-order chi connectivity index (χ0) is 12.1. The lowest BCUT2D eigenvalue weighted by Crippen LogP contribution is -2.11. The predicted octanol–water partition coefficient (Wildman–Crippen LogP) is 2.53.